The van der Waals surface area contributed by atoms with Gasteiger partial charge in [0.05, 0.1) is 5.56 Å². The summed E-state index contributed by atoms with van der Waals surface area (Å²) in [6, 6.07) is 5.61. The van der Waals surface area contributed by atoms with Crippen molar-refractivity contribution in [2.45, 2.75) is 20.8 Å². The number of hydrogen-bond acceptors (Lipinski definition) is 4. The van der Waals surface area contributed by atoms with Gasteiger partial charge in [0.1, 0.15) is 18.1 Å². The molecule has 23 heavy (non-hydrogen) atoms. The van der Waals surface area contributed by atoms with Gasteiger partial charge in [0.2, 0.25) is 5.78 Å². The Bertz CT molecular complexity index is 827. The molecule has 0 aliphatic carbocycles. The molecule has 1 aromatic heterocycles. The summed E-state index contributed by atoms with van der Waals surface area (Å²) >= 11 is 1.59. The van der Waals surface area contributed by atoms with E-state index in [1.165, 1.54) is 0 Å². The van der Waals surface area contributed by atoms with E-state index in [0.717, 1.165) is 21.6 Å². The van der Waals surface area contributed by atoms with Crippen molar-refractivity contribution in [2.24, 2.45) is 0 Å². The van der Waals surface area contributed by atoms with E-state index < -0.39 is 0 Å². The van der Waals surface area contributed by atoms with Gasteiger partial charge in [-0.15, -0.1) is 11.3 Å². The lowest BCUT2D eigenvalue weighted by Crippen LogP contribution is -2.00. The first-order valence-corrected chi connectivity index (χ1v) is 8.24. The fraction of sp³-hybridized carbons (Fsp3) is 0.211. The summed E-state index contributed by atoms with van der Waals surface area (Å²) in [5, 5.41) is 2.00. The average molecular weight is 326 g/mol. The third-order valence-electron chi connectivity index (χ3n) is 3.67. The van der Waals surface area contributed by atoms with Gasteiger partial charge in [-0.3, -0.25) is 4.79 Å². The van der Waals surface area contributed by atoms with Crippen molar-refractivity contribution in [2.75, 3.05) is 6.61 Å². The second-order valence-electron chi connectivity index (χ2n) is 5.72. The van der Waals surface area contributed by atoms with Crippen molar-refractivity contribution in [3.8, 4) is 11.5 Å². The molecule has 4 heteroatoms. The zero-order valence-electron chi connectivity index (χ0n) is 13.4. The number of hydrogen-bond donors (Lipinski definition) is 0. The smallest absolute Gasteiger partial charge is 0.232 e. The van der Waals surface area contributed by atoms with Crippen LogP contribution in [0.3, 0.4) is 0 Å². The van der Waals surface area contributed by atoms with Crippen molar-refractivity contribution in [1.29, 1.82) is 0 Å². The number of rotatable bonds is 4. The number of ketones is 1. The van der Waals surface area contributed by atoms with Gasteiger partial charge >= 0.3 is 0 Å². The first kappa shape index (κ1) is 15.6. The fourth-order valence-electron chi connectivity index (χ4n) is 2.38. The number of carbonyl (C=O) groups is 1. The van der Waals surface area contributed by atoms with E-state index in [4.69, 9.17) is 9.47 Å². The van der Waals surface area contributed by atoms with E-state index in [0.29, 0.717) is 29.4 Å². The largest absolute Gasteiger partial charge is 0.489 e. The minimum atomic E-state index is -0.0812. The average Bonchev–Trinajstić information content (AvgIpc) is 3.04. The van der Waals surface area contributed by atoms with Crippen LogP contribution in [0, 0.1) is 13.8 Å². The van der Waals surface area contributed by atoms with Crippen molar-refractivity contribution >= 4 is 23.2 Å². The Morgan fingerprint density at radius 3 is 2.78 bits per heavy atom. The third-order valence-corrected chi connectivity index (χ3v) is 4.64. The molecule has 0 spiro atoms. The number of allylic oxidation sites excluding steroid dienone is 1. The summed E-state index contributed by atoms with van der Waals surface area (Å²) < 4.78 is 11.6. The highest BCUT2D eigenvalue weighted by atomic mass is 32.1. The molecule has 3 rings (SSSR count). The van der Waals surface area contributed by atoms with E-state index in [2.05, 4.69) is 6.58 Å². The number of Topliss-reactive ketones (excluding diaryl/α,β-unsaturated/α-hetero) is 1. The maximum absolute atomic E-state index is 12.5. The van der Waals surface area contributed by atoms with Crippen molar-refractivity contribution in [3.63, 3.8) is 0 Å². The Morgan fingerprint density at radius 1 is 1.35 bits per heavy atom. The number of fused-ring (bicyclic) bond motifs is 1. The van der Waals surface area contributed by atoms with Crippen LogP contribution in [0.4, 0.5) is 0 Å². The van der Waals surface area contributed by atoms with E-state index in [1.807, 2.05) is 44.4 Å². The molecule has 1 aliphatic heterocycles. The SMILES string of the molecule is C=C(C)COc1ccc2c(c1C)O/C(=C\c1sccc1C)C2=O. The minimum Gasteiger partial charge on any atom is -0.489 e. The maximum Gasteiger partial charge on any atom is 0.232 e. The summed E-state index contributed by atoms with van der Waals surface area (Å²) in [5.41, 5.74) is 3.50. The van der Waals surface area contributed by atoms with Crippen LogP contribution in [0.2, 0.25) is 0 Å². The highest BCUT2D eigenvalue weighted by Crippen LogP contribution is 2.39. The fourth-order valence-corrected chi connectivity index (χ4v) is 3.22. The van der Waals surface area contributed by atoms with Gasteiger partial charge in [0, 0.05) is 16.5 Å². The number of aryl methyl sites for hydroxylation is 1. The summed E-state index contributed by atoms with van der Waals surface area (Å²) in [6.45, 7) is 10.1. The molecule has 0 bridgehead atoms. The van der Waals surface area contributed by atoms with Gasteiger partial charge in [-0.1, -0.05) is 6.58 Å². The molecule has 3 nitrogen and oxygen atoms in total. The lowest BCUT2D eigenvalue weighted by atomic mass is 10.1. The molecule has 2 aromatic rings. The van der Waals surface area contributed by atoms with Crippen LogP contribution in [0.1, 0.15) is 33.3 Å². The van der Waals surface area contributed by atoms with Crippen molar-refractivity contribution in [3.05, 3.63) is 63.1 Å². The molecule has 0 saturated carbocycles. The first-order chi connectivity index (χ1) is 11.0. The summed E-state index contributed by atoms with van der Waals surface area (Å²) in [7, 11) is 0. The van der Waals surface area contributed by atoms with E-state index in [1.54, 1.807) is 17.4 Å². The Morgan fingerprint density at radius 2 is 2.13 bits per heavy atom. The summed E-state index contributed by atoms with van der Waals surface area (Å²) in [5.74, 6) is 1.59. The van der Waals surface area contributed by atoms with Gasteiger partial charge in [0.15, 0.2) is 5.76 Å². The monoisotopic (exact) mass is 326 g/mol. The zero-order valence-corrected chi connectivity index (χ0v) is 14.3. The lowest BCUT2D eigenvalue weighted by molar-refractivity contribution is 0.101. The van der Waals surface area contributed by atoms with Crippen molar-refractivity contribution < 1.29 is 14.3 Å². The first-order valence-electron chi connectivity index (χ1n) is 7.36. The molecular weight excluding hydrogens is 308 g/mol. The van der Waals surface area contributed by atoms with Crippen LogP contribution in [-0.4, -0.2) is 12.4 Å². The molecule has 0 fully saturated rings. The Hall–Kier alpha value is -2.33. The minimum absolute atomic E-state index is 0.0812. The van der Waals surface area contributed by atoms with E-state index in [-0.39, 0.29) is 5.78 Å². The van der Waals surface area contributed by atoms with Crippen LogP contribution < -0.4 is 9.47 Å². The predicted molar refractivity (Wildman–Crippen MR) is 93.5 cm³/mol. The highest BCUT2D eigenvalue weighted by molar-refractivity contribution is 7.11. The predicted octanol–water partition coefficient (Wildman–Crippen LogP) is 4.94. The van der Waals surface area contributed by atoms with Gasteiger partial charge in [-0.25, -0.2) is 0 Å². The second kappa shape index (κ2) is 6.05. The standard InChI is InChI=1S/C19H18O3S/c1-11(2)10-21-15-6-5-14-18(20)16(22-19(14)13(15)4)9-17-12(3)7-8-23-17/h5-9H,1,10H2,2-4H3/b16-9-. The molecule has 0 saturated heterocycles. The lowest BCUT2D eigenvalue weighted by Gasteiger charge is -2.11. The summed E-state index contributed by atoms with van der Waals surface area (Å²) in [4.78, 5) is 13.6. The van der Waals surface area contributed by atoms with Crippen molar-refractivity contribution in [1.82, 2.24) is 0 Å². The molecule has 0 radical (unpaired) electrons. The van der Waals surface area contributed by atoms with Gasteiger partial charge in [-0.05, 0) is 55.5 Å². The van der Waals surface area contributed by atoms with Crippen LogP contribution in [0.25, 0.3) is 6.08 Å². The Labute approximate surface area is 139 Å². The second-order valence-corrected chi connectivity index (χ2v) is 6.67. The summed E-state index contributed by atoms with van der Waals surface area (Å²) in [6.07, 6.45) is 1.82. The highest BCUT2D eigenvalue weighted by Gasteiger charge is 2.30. The Balaban J connectivity index is 1.93. The number of carbonyl (C=O) groups excluding carboxylic acids is 1. The van der Waals surface area contributed by atoms with E-state index >= 15 is 0 Å². The zero-order chi connectivity index (χ0) is 16.6. The normalized spacial score (nSPS) is 14.7. The molecule has 1 aliphatic rings. The van der Waals surface area contributed by atoms with Crippen LogP contribution in [0.15, 0.2) is 41.5 Å². The van der Waals surface area contributed by atoms with Gasteiger partial charge < -0.3 is 9.47 Å². The van der Waals surface area contributed by atoms with Gasteiger partial charge in [-0.2, -0.15) is 0 Å². The Kier molecular flexibility index (Phi) is 4.09. The molecule has 0 unspecified atom stereocenters. The quantitative estimate of drug-likeness (QED) is 0.590. The molecule has 0 amide bonds. The maximum atomic E-state index is 12.5. The molecule has 0 N–H and O–H groups in total. The van der Waals surface area contributed by atoms with Crippen LogP contribution in [0.5, 0.6) is 11.5 Å². The van der Waals surface area contributed by atoms with E-state index in [9.17, 15) is 4.79 Å². The number of ether oxygens (including phenoxy) is 2. The topological polar surface area (TPSA) is 35.5 Å². The molecule has 2 heterocycles. The third kappa shape index (κ3) is 2.94. The molecule has 1 aromatic carbocycles. The van der Waals surface area contributed by atoms with Crippen LogP contribution in [-0.2, 0) is 0 Å². The van der Waals surface area contributed by atoms with Crippen LogP contribution >= 0.6 is 11.3 Å². The molecule has 118 valence electrons. The number of thiophene rings is 1. The number of benzene rings is 1. The molecule has 0 atom stereocenters. The molecular formula is C19H18O3S. The van der Waals surface area contributed by atoms with Gasteiger partial charge in [0.25, 0.3) is 0 Å².